The highest BCUT2D eigenvalue weighted by atomic mass is 35.5. The number of anilines is 1. The van der Waals surface area contributed by atoms with E-state index in [-0.39, 0.29) is 5.57 Å². The summed E-state index contributed by atoms with van der Waals surface area (Å²) in [5.41, 5.74) is 4.36. The maximum Gasteiger partial charge on any atom is 0.266 e. The Bertz CT molecular complexity index is 1380. The van der Waals surface area contributed by atoms with Crippen LogP contribution in [0, 0.1) is 18.3 Å². The first kappa shape index (κ1) is 21.7. The van der Waals surface area contributed by atoms with Gasteiger partial charge in [0, 0.05) is 44.9 Å². The van der Waals surface area contributed by atoms with Crippen LogP contribution in [0.2, 0.25) is 10.0 Å². The van der Waals surface area contributed by atoms with Crippen molar-refractivity contribution in [3.8, 4) is 6.07 Å². The van der Waals surface area contributed by atoms with Crippen molar-refractivity contribution in [2.75, 3.05) is 5.32 Å². The van der Waals surface area contributed by atoms with Crippen LogP contribution < -0.4 is 5.32 Å². The predicted octanol–water partition coefficient (Wildman–Crippen LogP) is 6.85. The molecule has 0 unspecified atom stereocenters. The number of halogens is 2. The van der Waals surface area contributed by atoms with E-state index in [2.05, 4.69) is 9.88 Å². The van der Waals surface area contributed by atoms with Crippen LogP contribution in [0.1, 0.15) is 16.7 Å². The summed E-state index contributed by atoms with van der Waals surface area (Å²) in [5, 5.41) is 14.6. The molecule has 6 heteroatoms. The molecule has 4 rings (SSSR count). The second-order valence-electron chi connectivity index (χ2n) is 7.44. The molecule has 3 aromatic carbocycles. The summed E-state index contributed by atoms with van der Waals surface area (Å²) in [6, 6.07) is 22.8. The first-order valence-corrected chi connectivity index (χ1v) is 10.7. The van der Waals surface area contributed by atoms with Gasteiger partial charge >= 0.3 is 0 Å². The van der Waals surface area contributed by atoms with Crippen LogP contribution in [0.4, 0.5) is 5.69 Å². The molecule has 0 bridgehead atoms. The molecule has 0 fully saturated rings. The van der Waals surface area contributed by atoms with Crippen molar-refractivity contribution in [1.29, 1.82) is 5.26 Å². The van der Waals surface area contributed by atoms with Gasteiger partial charge in [0.2, 0.25) is 0 Å². The van der Waals surface area contributed by atoms with E-state index in [9.17, 15) is 10.1 Å². The van der Waals surface area contributed by atoms with Gasteiger partial charge in [-0.05, 0) is 54.5 Å². The molecular weight excluding hydrogens is 441 g/mol. The number of hydrogen-bond donors (Lipinski definition) is 1. The highest BCUT2D eigenvalue weighted by molar-refractivity contribution is 6.31. The van der Waals surface area contributed by atoms with Crippen LogP contribution in [0.25, 0.3) is 17.0 Å². The van der Waals surface area contributed by atoms with E-state index >= 15 is 0 Å². The molecule has 1 N–H and O–H groups in total. The fourth-order valence-electron chi connectivity index (χ4n) is 3.48. The number of aromatic nitrogens is 1. The summed E-state index contributed by atoms with van der Waals surface area (Å²) in [6.07, 6.45) is 3.57. The summed E-state index contributed by atoms with van der Waals surface area (Å²) < 4.78 is 2.09. The topological polar surface area (TPSA) is 57.8 Å². The number of nitrogens with one attached hydrogen (secondary N) is 1. The Hall–Kier alpha value is -3.52. The minimum absolute atomic E-state index is 0.0103. The first-order chi connectivity index (χ1) is 15.4. The first-order valence-electron chi connectivity index (χ1n) is 9.96. The fourth-order valence-corrected chi connectivity index (χ4v) is 3.79. The van der Waals surface area contributed by atoms with Crippen molar-refractivity contribution in [2.24, 2.45) is 0 Å². The Labute approximate surface area is 196 Å². The molecule has 4 aromatic rings. The number of aryl methyl sites for hydroxylation is 1. The van der Waals surface area contributed by atoms with Crippen molar-refractivity contribution < 1.29 is 4.79 Å². The number of carbonyl (C=O) groups excluding carboxylic acids is 1. The Morgan fingerprint density at radius 1 is 1.09 bits per heavy atom. The number of hydrogen-bond acceptors (Lipinski definition) is 2. The van der Waals surface area contributed by atoms with Gasteiger partial charge in [-0.3, -0.25) is 4.79 Å². The van der Waals surface area contributed by atoms with Gasteiger partial charge in [-0.25, -0.2) is 0 Å². The largest absolute Gasteiger partial charge is 0.342 e. The number of carbonyl (C=O) groups is 1. The zero-order chi connectivity index (χ0) is 22.7. The van der Waals surface area contributed by atoms with Gasteiger partial charge in [-0.1, -0.05) is 59.6 Å². The highest BCUT2D eigenvalue weighted by Crippen LogP contribution is 2.26. The molecule has 0 aliphatic heterocycles. The molecule has 32 heavy (non-hydrogen) atoms. The van der Waals surface area contributed by atoms with E-state index in [0.717, 1.165) is 27.6 Å². The second-order valence-corrected chi connectivity index (χ2v) is 8.29. The monoisotopic (exact) mass is 459 g/mol. The summed E-state index contributed by atoms with van der Waals surface area (Å²) in [7, 11) is 0. The molecule has 0 aliphatic rings. The van der Waals surface area contributed by atoms with Crippen molar-refractivity contribution >= 4 is 51.8 Å². The smallest absolute Gasteiger partial charge is 0.266 e. The Morgan fingerprint density at radius 3 is 2.56 bits per heavy atom. The minimum Gasteiger partial charge on any atom is -0.342 e. The summed E-state index contributed by atoms with van der Waals surface area (Å²) in [4.78, 5) is 12.7. The van der Waals surface area contributed by atoms with Crippen LogP contribution in [-0.4, -0.2) is 10.5 Å². The van der Waals surface area contributed by atoms with Crippen molar-refractivity contribution in [1.82, 2.24) is 4.57 Å². The lowest BCUT2D eigenvalue weighted by molar-refractivity contribution is -0.112. The lowest BCUT2D eigenvalue weighted by Gasteiger charge is -2.06. The van der Waals surface area contributed by atoms with Crippen LogP contribution >= 0.6 is 23.2 Å². The average Bonchev–Trinajstić information content (AvgIpc) is 3.13. The van der Waals surface area contributed by atoms with Gasteiger partial charge < -0.3 is 9.88 Å². The predicted molar refractivity (Wildman–Crippen MR) is 131 cm³/mol. The molecule has 1 aromatic heterocycles. The number of para-hydroxylation sites is 1. The summed E-state index contributed by atoms with van der Waals surface area (Å²) in [5.74, 6) is -0.484. The lowest BCUT2D eigenvalue weighted by Crippen LogP contribution is -2.13. The molecular formula is C26H19Cl2N3O. The maximum atomic E-state index is 12.7. The number of amides is 1. The van der Waals surface area contributed by atoms with Crippen molar-refractivity contribution in [3.63, 3.8) is 0 Å². The van der Waals surface area contributed by atoms with E-state index in [1.54, 1.807) is 18.2 Å². The zero-order valence-corrected chi connectivity index (χ0v) is 18.8. The Balaban J connectivity index is 1.66. The molecule has 0 aliphatic carbocycles. The third kappa shape index (κ3) is 4.70. The standard InChI is InChI=1S/C26H19Cl2N3O/c1-17-6-11-22(13-24(17)28)30-26(32)19(14-29)12-20-16-31(25-5-3-2-4-23(20)25)15-18-7-9-21(27)10-8-18/h2-13,16H,15H2,1H3,(H,30,32)/b19-12-. The number of benzene rings is 3. The number of rotatable bonds is 5. The molecule has 1 amide bonds. The molecule has 0 saturated heterocycles. The number of nitrogens with zero attached hydrogens (tertiary/aromatic N) is 2. The van der Waals surface area contributed by atoms with Crippen molar-refractivity contribution in [2.45, 2.75) is 13.5 Å². The van der Waals surface area contributed by atoms with E-state index in [1.165, 1.54) is 0 Å². The van der Waals surface area contributed by atoms with Gasteiger partial charge in [-0.15, -0.1) is 0 Å². The van der Waals surface area contributed by atoms with Gasteiger partial charge in [-0.2, -0.15) is 5.26 Å². The molecule has 0 atom stereocenters. The molecule has 0 spiro atoms. The van der Waals surface area contributed by atoms with E-state index in [1.807, 2.05) is 73.8 Å². The van der Waals surface area contributed by atoms with Gasteiger partial charge in [0.25, 0.3) is 5.91 Å². The molecule has 1 heterocycles. The molecule has 158 valence electrons. The van der Waals surface area contributed by atoms with Gasteiger partial charge in [0.1, 0.15) is 11.6 Å². The summed E-state index contributed by atoms with van der Waals surface area (Å²) >= 11 is 12.1. The second kappa shape index (κ2) is 9.32. The van der Waals surface area contributed by atoms with Gasteiger partial charge in [0.05, 0.1) is 0 Å². The Kier molecular flexibility index (Phi) is 6.32. The third-order valence-electron chi connectivity index (χ3n) is 5.18. The van der Waals surface area contributed by atoms with E-state index < -0.39 is 5.91 Å². The van der Waals surface area contributed by atoms with Gasteiger partial charge in [0.15, 0.2) is 0 Å². The van der Waals surface area contributed by atoms with Crippen LogP contribution in [0.3, 0.4) is 0 Å². The van der Waals surface area contributed by atoms with E-state index in [4.69, 9.17) is 23.2 Å². The third-order valence-corrected chi connectivity index (χ3v) is 5.84. The van der Waals surface area contributed by atoms with Crippen LogP contribution in [0.15, 0.2) is 78.5 Å². The highest BCUT2D eigenvalue weighted by Gasteiger charge is 2.13. The molecule has 0 saturated carbocycles. The normalized spacial score (nSPS) is 11.4. The SMILES string of the molecule is Cc1ccc(NC(=O)/C(C#N)=C\c2cn(Cc3ccc(Cl)cc3)c3ccccc23)cc1Cl. The minimum atomic E-state index is -0.484. The average molecular weight is 460 g/mol. The number of nitriles is 1. The van der Waals surface area contributed by atoms with E-state index in [0.29, 0.717) is 22.3 Å². The molecule has 0 radical (unpaired) electrons. The maximum absolute atomic E-state index is 12.7. The zero-order valence-electron chi connectivity index (χ0n) is 17.3. The Morgan fingerprint density at radius 2 is 1.84 bits per heavy atom. The van der Waals surface area contributed by atoms with Crippen LogP contribution in [-0.2, 0) is 11.3 Å². The van der Waals surface area contributed by atoms with Crippen molar-refractivity contribution in [3.05, 3.63) is 105 Å². The summed E-state index contributed by atoms with van der Waals surface area (Å²) in [6.45, 7) is 2.52. The fraction of sp³-hybridized carbons (Fsp3) is 0.0769. The molecule has 4 nitrogen and oxygen atoms in total. The van der Waals surface area contributed by atoms with Crippen LogP contribution in [0.5, 0.6) is 0 Å². The quantitative estimate of drug-likeness (QED) is 0.262. The lowest BCUT2D eigenvalue weighted by atomic mass is 10.1. The number of fused-ring (bicyclic) bond motifs is 1.